The largest absolute Gasteiger partial charge is 0.506 e. The molecule has 70 heavy (non-hydrogen) atoms. The fraction of sp³-hybridized carbons (Fsp3) is 0.0714. The molecule has 0 aliphatic carbocycles. The number of hydrogen-bond donors (Lipinski definition) is 4. The van der Waals surface area contributed by atoms with E-state index in [4.69, 9.17) is 21.6 Å². The van der Waals surface area contributed by atoms with Crippen LogP contribution in [0.1, 0.15) is 22.8 Å². The van der Waals surface area contributed by atoms with Crippen LogP contribution in [0.4, 0.5) is 45.5 Å². The smallest absolute Gasteiger partial charge is 0.143 e. The van der Waals surface area contributed by atoms with Crippen LogP contribution in [0, 0.1) is 0 Å². The quantitative estimate of drug-likeness (QED) is 0.0566. The van der Waals surface area contributed by atoms with Gasteiger partial charge in [0.15, 0.2) is 0 Å². The molecule has 14 nitrogen and oxygen atoms in total. The van der Waals surface area contributed by atoms with Crippen molar-refractivity contribution in [2.45, 2.75) is 26.2 Å². The first-order valence-corrected chi connectivity index (χ1v) is 22.6. The highest BCUT2D eigenvalue weighted by Crippen LogP contribution is 2.42. The molecule has 14 heteroatoms. The third-order valence-corrected chi connectivity index (χ3v) is 11.8. The maximum Gasteiger partial charge on any atom is 0.143 e. The molecule has 0 radical (unpaired) electrons. The lowest BCUT2D eigenvalue weighted by Crippen LogP contribution is -2.24. The van der Waals surface area contributed by atoms with E-state index in [9.17, 15) is 10.2 Å². The Kier molecular flexibility index (Phi) is 12.7. The molecule has 0 aliphatic heterocycles. The van der Waals surface area contributed by atoms with Crippen molar-refractivity contribution < 1.29 is 10.2 Å². The maximum atomic E-state index is 11.2. The molecule has 6 aromatic carbocycles. The highest BCUT2D eigenvalue weighted by atomic mass is 16.3. The number of aromatic hydroxyl groups is 2. The van der Waals surface area contributed by atoms with Gasteiger partial charge >= 0.3 is 0 Å². The summed E-state index contributed by atoms with van der Waals surface area (Å²) in [6.07, 6.45) is 7.11. The van der Waals surface area contributed by atoms with Gasteiger partial charge in [-0.25, -0.2) is 0 Å². The molecule has 6 N–H and O–H groups in total. The molecule has 0 saturated carbocycles. The number of hydrogen-bond acceptors (Lipinski definition) is 14. The van der Waals surface area contributed by atoms with Crippen LogP contribution in [-0.4, -0.2) is 30.1 Å². The number of anilines is 4. The van der Waals surface area contributed by atoms with E-state index in [0.29, 0.717) is 65.7 Å². The Balaban J connectivity index is 0.948. The SMILES string of the molecule is Nc1ccc(N(Cc2ccccn2)Cc2cc(-c3cccc4c(N=Nc5ccc(N(Cc6ccccn6)Cc6ccccn6)c(N)c5)c(O)ccc34)ccn2)c(N=Nc2c(O)ccc3ccccc23)c1. The summed E-state index contributed by atoms with van der Waals surface area (Å²) >= 11 is 0. The fourth-order valence-electron chi connectivity index (χ4n) is 8.47. The number of fused-ring (bicyclic) bond motifs is 2. The predicted molar refractivity (Wildman–Crippen MR) is 277 cm³/mol. The van der Waals surface area contributed by atoms with E-state index in [1.165, 1.54) is 0 Å². The minimum Gasteiger partial charge on any atom is -0.506 e. The lowest BCUT2D eigenvalue weighted by atomic mass is 9.97. The summed E-state index contributed by atoms with van der Waals surface area (Å²) in [5, 5.41) is 43.8. The first kappa shape index (κ1) is 44.3. The van der Waals surface area contributed by atoms with Gasteiger partial charge in [-0.05, 0) is 125 Å². The molecular weight excluding hydrogens is 873 g/mol. The second-order valence-electron chi connectivity index (χ2n) is 16.6. The summed E-state index contributed by atoms with van der Waals surface area (Å²) in [6, 6.07) is 53.1. The Hall–Kier alpha value is -9.56. The molecule has 0 spiro atoms. The minimum atomic E-state index is -0.0115. The summed E-state index contributed by atoms with van der Waals surface area (Å²) < 4.78 is 0. The monoisotopic (exact) mass is 918 g/mol. The number of rotatable bonds is 15. The zero-order valence-electron chi connectivity index (χ0n) is 37.8. The van der Waals surface area contributed by atoms with Crippen LogP contribution in [0.25, 0.3) is 32.7 Å². The van der Waals surface area contributed by atoms with E-state index in [0.717, 1.165) is 61.4 Å². The third-order valence-electron chi connectivity index (χ3n) is 11.8. The molecule has 0 unspecified atom stereocenters. The molecule has 4 aromatic heterocycles. The highest BCUT2D eigenvalue weighted by molar-refractivity contribution is 6.04. The summed E-state index contributed by atoms with van der Waals surface area (Å²) in [5.74, 6) is 0.00827. The highest BCUT2D eigenvalue weighted by Gasteiger charge is 2.19. The standard InChI is InChI=1S/C56H46N12O2/c57-39-18-21-52(50(31-39)64-66-55-46-14-2-1-10-37(46)17-23-53(55)69)68(35-43-13-5-8-28-61-43)36-44-30-38(25-29-62-44)45-15-9-16-48-47(45)20-24-54(70)56(48)65-63-40-19-22-51(49(58)32-40)67(33-41-11-3-6-26-59-41)34-42-12-4-7-27-60-42/h1-32,69-70H,33-36,57-58H2. The zero-order chi connectivity index (χ0) is 47.8. The lowest BCUT2D eigenvalue weighted by Gasteiger charge is -2.26. The predicted octanol–water partition coefficient (Wildman–Crippen LogP) is 13.1. The maximum absolute atomic E-state index is 11.2. The van der Waals surface area contributed by atoms with E-state index >= 15 is 0 Å². The molecule has 4 heterocycles. The van der Waals surface area contributed by atoms with Crippen molar-refractivity contribution in [3.05, 3.63) is 217 Å². The van der Waals surface area contributed by atoms with Crippen molar-refractivity contribution in [3.63, 3.8) is 0 Å². The number of azo groups is 2. The number of phenols is 2. The zero-order valence-corrected chi connectivity index (χ0v) is 37.8. The molecule has 0 aliphatic rings. The Morgan fingerprint density at radius 1 is 0.429 bits per heavy atom. The number of benzene rings is 6. The number of nitrogen functional groups attached to an aromatic ring is 2. The van der Waals surface area contributed by atoms with E-state index in [1.54, 1.807) is 49.1 Å². The first-order chi connectivity index (χ1) is 34.3. The fourth-order valence-corrected chi connectivity index (χ4v) is 8.47. The number of nitrogens with two attached hydrogens (primary N) is 2. The number of phenolic OH excluding ortho intramolecular Hbond substituents is 2. The Morgan fingerprint density at radius 3 is 1.70 bits per heavy atom. The van der Waals surface area contributed by atoms with Crippen molar-refractivity contribution in [1.29, 1.82) is 0 Å². The molecule has 10 aromatic rings. The summed E-state index contributed by atoms with van der Waals surface area (Å²) in [6.45, 7) is 1.83. The van der Waals surface area contributed by atoms with Crippen LogP contribution in [0.2, 0.25) is 0 Å². The molecule has 10 rings (SSSR count). The molecule has 0 bridgehead atoms. The van der Waals surface area contributed by atoms with Gasteiger partial charge in [0, 0.05) is 41.2 Å². The third kappa shape index (κ3) is 9.92. The van der Waals surface area contributed by atoms with E-state index in [-0.39, 0.29) is 11.5 Å². The van der Waals surface area contributed by atoms with E-state index in [1.807, 2.05) is 140 Å². The van der Waals surface area contributed by atoms with E-state index in [2.05, 4.69) is 46.2 Å². The molecule has 0 saturated heterocycles. The summed E-state index contributed by atoms with van der Waals surface area (Å²) in [5.41, 5.74) is 22.6. The van der Waals surface area contributed by atoms with Gasteiger partial charge in [-0.3, -0.25) is 19.9 Å². The lowest BCUT2D eigenvalue weighted by molar-refractivity contribution is 0.476. The van der Waals surface area contributed by atoms with Gasteiger partial charge in [0.2, 0.25) is 0 Å². The van der Waals surface area contributed by atoms with Gasteiger partial charge in [0.05, 0.1) is 71.7 Å². The summed E-state index contributed by atoms with van der Waals surface area (Å²) in [7, 11) is 0. The van der Waals surface area contributed by atoms with Gasteiger partial charge in [0.25, 0.3) is 0 Å². The van der Waals surface area contributed by atoms with Crippen molar-refractivity contribution >= 4 is 67.0 Å². The normalized spacial score (nSPS) is 11.5. The van der Waals surface area contributed by atoms with Crippen LogP contribution in [-0.2, 0) is 26.2 Å². The molecular formula is C56H46N12O2. The Morgan fingerprint density at radius 2 is 1.01 bits per heavy atom. The Bertz CT molecular complexity index is 3480. The van der Waals surface area contributed by atoms with Gasteiger partial charge < -0.3 is 31.5 Å². The topological polar surface area (TPSA) is 200 Å². The van der Waals surface area contributed by atoms with Gasteiger partial charge in [0.1, 0.15) is 28.6 Å². The first-order valence-electron chi connectivity index (χ1n) is 22.6. The van der Waals surface area contributed by atoms with Crippen molar-refractivity contribution in [2.75, 3.05) is 21.3 Å². The van der Waals surface area contributed by atoms with Crippen LogP contribution in [0.3, 0.4) is 0 Å². The molecule has 0 fully saturated rings. The minimum absolute atomic E-state index is 0.0115. The summed E-state index contributed by atoms with van der Waals surface area (Å²) in [4.78, 5) is 22.8. The average Bonchev–Trinajstić information content (AvgIpc) is 3.38. The van der Waals surface area contributed by atoms with Crippen molar-refractivity contribution in [1.82, 2.24) is 19.9 Å². The molecule has 0 amide bonds. The molecule has 0 atom stereocenters. The van der Waals surface area contributed by atoms with Crippen LogP contribution < -0.4 is 21.3 Å². The van der Waals surface area contributed by atoms with Crippen LogP contribution >= 0.6 is 0 Å². The number of nitrogens with zero attached hydrogens (tertiary/aromatic N) is 10. The van der Waals surface area contributed by atoms with Crippen molar-refractivity contribution in [2.24, 2.45) is 20.5 Å². The van der Waals surface area contributed by atoms with Gasteiger partial charge in [-0.1, -0.05) is 66.7 Å². The van der Waals surface area contributed by atoms with Crippen molar-refractivity contribution in [3.8, 4) is 22.6 Å². The molecule has 342 valence electrons. The van der Waals surface area contributed by atoms with Gasteiger partial charge in [-0.2, -0.15) is 5.11 Å². The number of aromatic nitrogens is 4. The van der Waals surface area contributed by atoms with E-state index < -0.39 is 0 Å². The second kappa shape index (κ2) is 20.1. The number of pyridine rings is 4. The van der Waals surface area contributed by atoms with Crippen LogP contribution in [0.15, 0.2) is 215 Å². The Labute approximate surface area is 403 Å². The van der Waals surface area contributed by atoms with Gasteiger partial charge in [-0.15, -0.1) is 15.3 Å². The second-order valence-corrected chi connectivity index (χ2v) is 16.6. The average molecular weight is 919 g/mol. The van der Waals surface area contributed by atoms with Crippen LogP contribution in [0.5, 0.6) is 11.5 Å².